The number of benzene rings is 1. The average molecular weight is 407 g/mol. The highest BCUT2D eigenvalue weighted by atomic mass is 19.1. The van der Waals surface area contributed by atoms with E-state index in [9.17, 15) is 5.11 Å². The van der Waals surface area contributed by atoms with Crippen molar-refractivity contribution in [3.63, 3.8) is 0 Å². The number of allylic oxidation sites excluding steroid dienone is 1. The zero-order valence-corrected chi connectivity index (χ0v) is 16.5. The predicted octanol–water partition coefficient (Wildman–Crippen LogP) is 2.56. The number of nitrogens with one attached hydrogen (secondary N) is 1. The minimum absolute atomic E-state index is 0.0263. The summed E-state index contributed by atoms with van der Waals surface area (Å²) >= 11 is 0. The van der Waals surface area contributed by atoms with Gasteiger partial charge < -0.3 is 10.4 Å². The molecule has 2 N–H and O–H groups in total. The highest BCUT2D eigenvalue weighted by molar-refractivity contribution is 5.68. The van der Waals surface area contributed by atoms with E-state index in [1.165, 1.54) is 6.20 Å². The van der Waals surface area contributed by atoms with Crippen molar-refractivity contribution in [2.75, 3.05) is 0 Å². The van der Waals surface area contributed by atoms with E-state index < -0.39 is 6.17 Å². The Balaban J connectivity index is 1.36. The number of nitrogens with zero attached hydrogens (tertiary/aromatic N) is 6. The lowest BCUT2D eigenvalue weighted by Gasteiger charge is -2.34. The first-order valence-corrected chi connectivity index (χ1v) is 10.0. The summed E-state index contributed by atoms with van der Waals surface area (Å²) in [6, 6.07) is 5.25. The van der Waals surface area contributed by atoms with Gasteiger partial charge in [0.15, 0.2) is 5.82 Å². The molecule has 30 heavy (non-hydrogen) atoms. The smallest absolute Gasteiger partial charge is 0.177 e. The molecular weight excluding hydrogens is 385 g/mol. The molecule has 8 nitrogen and oxygen atoms in total. The lowest BCUT2D eigenvalue weighted by molar-refractivity contribution is 0.154. The summed E-state index contributed by atoms with van der Waals surface area (Å²) in [7, 11) is 0. The molecule has 0 saturated carbocycles. The van der Waals surface area contributed by atoms with Crippen molar-refractivity contribution < 1.29 is 9.50 Å². The molecule has 5 atom stereocenters. The van der Waals surface area contributed by atoms with E-state index in [1.54, 1.807) is 35.3 Å². The molecule has 3 aromatic rings. The standard InChI is InChI=1S/C21H22FN7O/c1-11-7-13-8-16(19(22)20(11)25-13)12(2)21-23-10-17(26-27-21)15-4-3-14(9-18(15)30)29-6-5-24-28-29/h3-6,9-11,13,16,19-20,25,30H,2,7-8H2,1H3/t11?,13?,16-,19-,20?/m1/s1. The summed E-state index contributed by atoms with van der Waals surface area (Å²) in [5.41, 5.74) is 2.17. The van der Waals surface area contributed by atoms with Crippen LogP contribution in [0.15, 0.2) is 43.4 Å². The maximum atomic E-state index is 15.0. The molecule has 0 spiro atoms. The van der Waals surface area contributed by atoms with Crippen molar-refractivity contribution in [3.8, 4) is 22.7 Å². The monoisotopic (exact) mass is 407 g/mol. The van der Waals surface area contributed by atoms with Crippen molar-refractivity contribution >= 4 is 5.57 Å². The Bertz CT molecular complexity index is 1070. The number of fused-ring (bicyclic) bond motifs is 2. The zero-order valence-electron chi connectivity index (χ0n) is 16.5. The Morgan fingerprint density at radius 3 is 2.87 bits per heavy atom. The largest absolute Gasteiger partial charge is 0.507 e. The highest BCUT2D eigenvalue weighted by Gasteiger charge is 2.47. The molecule has 2 aromatic heterocycles. The van der Waals surface area contributed by atoms with Crippen LogP contribution in [0.3, 0.4) is 0 Å². The molecule has 4 heterocycles. The van der Waals surface area contributed by atoms with Crippen molar-refractivity contribution in [1.29, 1.82) is 0 Å². The zero-order chi connectivity index (χ0) is 20.8. The van der Waals surface area contributed by atoms with Crippen molar-refractivity contribution in [2.45, 2.75) is 38.0 Å². The van der Waals surface area contributed by atoms with Crippen LogP contribution in [-0.4, -0.2) is 53.5 Å². The summed E-state index contributed by atoms with van der Waals surface area (Å²) in [6.45, 7) is 6.17. The van der Waals surface area contributed by atoms with Crippen LogP contribution in [0, 0.1) is 11.8 Å². The van der Waals surface area contributed by atoms with Gasteiger partial charge in [0.25, 0.3) is 0 Å². The fraction of sp³-hybridized carbons (Fsp3) is 0.381. The molecule has 2 aliphatic heterocycles. The van der Waals surface area contributed by atoms with Crippen molar-refractivity contribution in [3.05, 3.63) is 49.2 Å². The Kier molecular flexibility index (Phi) is 4.54. The molecule has 154 valence electrons. The number of phenolic OH excluding ortho intramolecular Hbond substituents is 1. The van der Waals surface area contributed by atoms with Gasteiger partial charge in [-0.1, -0.05) is 18.7 Å². The Morgan fingerprint density at radius 1 is 1.30 bits per heavy atom. The molecule has 1 aromatic carbocycles. The van der Waals surface area contributed by atoms with Crippen LogP contribution < -0.4 is 5.32 Å². The fourth-order valence-electron chi connectivity index (χ4n) is 4.63. The number of piperidine rings is 1. The Labute approximate surface area is 172 Å². The number of rotatable bonds is 4. The molecule has 0 radical (unpaired) electrons. The Hall–Kier alpha value is -3.20. The maximum Gasteiger partial charge on any atom is 0.177 e. The fourth-order valence-corrected chi connectivity index (χ4v) is 4.63. The molecule has 0 aliphatic carbocycles. The van der Waals surface area contributed by atoms with Gasteiger partial charge >= 0.3 is 0 Å². The first kappa shape index (κ1) is 18.8. The summed E-state index contributed by atoms with van der Waals surface area (Å²) in [5, 5.41) is 29.8. The van der Waals surface area contributed by atoms with E-state index >= 15 is 4.39 Å². The normalized spacial score (nSPS) is 27.9. The SMILES string of the molecule is C=C(c1ncc(-c2ccc(-n3ccnn3)cc2O)nn1)[C@H]1CC2CC(C)C(N2)[C@@H]1F. The predicted molar refractivity (Wildman–Crippen MR) is 108 cm³/mol. The van der Waals surface area contributed by atoms with E-state index in [-0.39, 0.29) is 17.7 Å². The average Bonchev–Trinajstić information content (AvgIpc) is 3.39. The Morgan fingerprint density at radius 2 is 2.17 bits per heavy atom. The minimum Gasteiger partial charge on any atom is -0.507 e. The van der Waals surface area contributed by atoms with Gasteiger partial charge in [0.05, 0.1) is 24.3 Å². The highest BCUT2D eigenvalue weighted by Crippen LogP contribution is 2.41. The second-order valence-corrected chi connectivity index (χ2v) is 8.13. The second kappa shape index (κ2) is 7.24. The molecule has 0 amide bonds. The number of phenols is 1. The van der Waals surface area contributed by atoms with Gasteiger partial charge in [0, 0.05) is 29.6 Å². The first-order valence-electron chi connectivity index (χ1n) is 10.0. The van der Waals surface area contributed by atoms with Crippen LogP contribution in [-0.2, 0) is 0 Å². The number of hydrogen-bond acceptors (Lipinski definition) is 7. The van der Waals surface area contributed by atoms with E-state index in [2.05, 4.69) is 44.3 Å². The van der Waals surface area contributed by atoms with Gasteiger partial charge in [-0.15, -0.1) is 15.3 Å². The van der Waals surface area contributed by atoms with Gasteiger partial charge in [0.1, 0.15) is 17.6 Å². The number of hydrogen-bond donors (Lipinski definition) is 2. The van der Waals surface area contributed by atoms with Crippen LogP contribution >= 0.6 is 0 Å². The van der Waals surface area contributed by atoms with E-state index in [0.717, 1.165) is 6.42 Å². The minimum atomic E-state index is -1.01. The molecular formula is C21H22FN7O. The van der Waals surface area contributed by atoms with Gasteiger partial charge in [0.2, 0.25) is 0 Å². The summed E-state index contributed by atoms with van der Waals surface area (Å²) in [6.07, 6.45) is 5.43. The quantitative estimate of drug-likeness (QED) is 0.685. The topological polar surface area (TPSA) is 102 Å². The van der Waals surface area contributed by atoms with Crippen LogP contribution in [0.1, 0.15) is 25.6 Å². The summed E-state index contributed by atoms with van der Waals surface area (Å²) in [4.78, 5) is 4.37. The van der Waals surface area contributed by atoms with Gasteiger partial charge in [-0.05, 0) is 36.5 Å². The molecule has 9 heteroatoms. The number of halogens is 1. The summed E-state index contributed by atoms with van der Waals surface area (Å²) < 4.78 is 16.6. The van der Waals surface area contributed by atoms with Crippen LogP contribution in [0.5, 0.6) is 5.75 Å². The van der Waals surface area contributed by atoms with Gasteiger partial charge in [-0.3, -0.25) is 0 Å². The third-order valence-electron chi connectivity index (χ3n) is 6.20. The third kappa shape index (κ3) is 3.15. The molecule has 5 rings (SSSR count). The molecule has 2 fully saturated rings. The summed E-state index contributed by atoms with van der Waals surface area (Å²) in [5.74, 6) is 0.374. The van der Waals surface area contributed by atoms with Crippen molar-refractivity contribution in [1.82, 2.24) is 35.5 Å². The molecule has 2 bridgehead atoms. The van der Waals surface area contributed by atoms with E-state index in [1.807, 2.05) is 0 Å². The number of aromatic nitrogens is 6. The molecule has 2 aliphatic rings. The lowest BCUT2D eigenvalue weighted by atomic mass is 9.84. The lowest BCUT2D eigenvalue weighted by Crippen LogP contribution is -2.48. The van der Waals surface area contributed by atoms with Crippen molar-refractivity contribution in [2.24, 2.45) is 11.8 Å². The molecule has 3 unspecified atom stereocenters. The van der Waals surface area contributed by atoms with E-state index in [0.29, 0.717) is 46.7 Å². The number of alkyl halides is 1. The number of aromatic hydroxyl groups is 1. The van der Waals surface area contributed by atoms with Gasteiger partial charge in [-0.25, -0.2) is 14.1 Å². The van der Waals surface area contributed by atoms with Crippen LogP contribution in [0.2, 0.25) is 0 Å². The second-order valence-electron chi connectivity index (χ2n) is 8.13. The van der Waals surface area contributed by atoms with E-state index in [4.69, 9.17) is 0 Å². The van der Waals surface area contributed by atoms with Crippen LogP contribution in [0.25, 0.3) is 22.5 Å². The third-order valence-corrected chi connectivity index (χ3v) is 6.20. The first-order chi connectivity index (χ1) is 14.5. The van der Waals surface area contributed by atoms with Crippen LogP contribution in [0.4, 0.5) is 4.39 Å². The van der Waals surface area contributed by atoms with Gasteiger partial charge in [-0.2, -0.15) is 0 Å². The maximum absolute atomic E-state index is 15.0. The molecule has 2 saturated heterocycles.